The number of Topliss-reactive ketones (excluding diaryl/α,β-unsaturated/α-hetero) is 1. The summed E-state index contributed by atoms with van der Waals surface area (Å²) in [4.78, 5) is 12.0. The van der Waals surface area contributed by atoms with Gasteiger partial charge in [0.15, 0.2) is 5.78 Å². The molecule has 0 heterocycles. The van der Waals surface area contributed by atoms with E-state index in [2.05, 4.69) is 21.2 Å². The quantitative estimate of drug-likeness (QED) is 0.867. The molecular formula is C13H16BrNO2. The number of methoxy groups -OCH3 is 1. The highest BCUT2D eigenvalue weighted by molar-refractivity contribution is 9.10. The molecule has 0 atom stereocenters. The molecule has 1 N–H and O–H groups in total. The predicted octanol–water partition coefficient (Wildman–Crippen LogP) is 2.35. The number of hydrogen-bond acceptors (Lipinski definition) is 3. The van der Waals surface area contributed by atoms with Crippen LogP contribution < -0.4 is 10.1 Å². The lowest BCUT2D eigenvalue weighted by Crippen LogP contribution is -2.19. The van der Waals surface area contributed by atoms with Crippen molar-refractivity contribution in [2.45, 2.75) is 19.3 Å². The van der Waals surface area contributed by atoms with Crippen molar-refractivity contribution in [1.82, 2.24) is 5.32 Å². The fraction of sp³-hybridized carbons (Fsp3) is 0.462. The van der Waals surface area contributed by atoms with Crippen LogP contribution in [0, 0.1) is 0 Å². The Kier molecular flexibility index (Phi) is 3.84. The molecule has 0 aromatic heterocycles. The number of ketones is 1. The van der Waals surface area contributed by atoms with Gasteiger partial charge in [-0.15, -0.1) is 0 Å². The normalized spacial score (nSPS) is 13.6. The maximum Gasteiger partial charge on any atom is 0.180 e. The molecule has 92 valence electrons. The van der Waals surface area contributed by atoms with Gasteiger partial charge in [0, 0.05) is 0 Å². The Bertz CT molecular complexity index is 457. The number of likely N-dealkylation sites (N-methyl/N-ethyl adjacent to an activating group) is 1. The van der Waals surface area contributed by atoms with Gasteiger partial charge in [0.05, 0.1) is 23.7 Å². The molecule has 0 bridgehead atoms. The van der Waals surface area contributed by atoms with Crippen LogP contribution in [0.1, 0.15) is 27.9 Å². The number of carbonyl (C=O) groups is 1. The fourth-order valence-electron chi connectivity index (χ4n) is 2.33. The summed E-state index contributed by atoms with van der Waals surface area (Å²) in [5, 5.41) is 2.88. The maximum absolute atomic E-state index is 12.0. The Labute approximate surface area is 110 Å². The Balaban J connectivity index is 2.51. The van der Waals surface area contributed by atoms with Crippen molar-refractivity contribution in [2.75, 3.05) is 20.7 Å². The topological polar surface area (TPSA) is 38.3 Å². The number of hydrogen-bond donors (Lipinski definition) is 1. The molecule has 2 rings (SSSR count). The third-order valence-electron chi connectivity index (χ3n) is 3.13. The van der Waals surface area contributed by atoms with E-state index < -0.39 is 0 Å². The molecule has 1 aliphatic carbocycles. The van der Waals surface area contributed by atoms with E-state index in [0.29, 0.717) is 17.9 Å². The van der Waals surface area contributed by atoms with Gasteiger partial charge in [-0.05, 0) is 59.4 Å². The SMILES string of the molecule is CNCC(=O)c1cc2c(c(Br)c1OC)CCC2. The van der Waals surface area contributed by atoms with E-state index in [-0.39, 0.29) is 5.78 Å². The van der Waals surface area contributed by atoms with Crippen LogP contribution in [0.25, 0.3) is 0 Å². The van der Waals surface area contributed by atoms with Gasteiger partial charge in [-0.1, -0.05) is 0 Å². The van der Waals surface area contributed by atoms with Crippen LogP contribution >= 0.6 is 15.9 Å². The van der Waals surface area contributed by atoms with Crippen molar-refractivity contribution in [1.29, 1.82) is 0 Å². The average Bonchev–Trinajstić information content (AvgIpc) is 2.77. The summed E-state index contributed by atoms with van der Waals surface area (Å²) >= 11 is 3.57. The first kappa shape index (κ1) is 12.6. The van der Waals surface area contributed by atoms with Crippen LogP contribution in [0.2, 0.25) is 0 Å². The minimum absolute atomic E-state index is 0.0692. The predicted molar refractivity (Wildman–Crippen MR) is 71.0 cm³/mol. The smallest absolute Gasteiger partial charge is 0.180 e. The molecule has 3 nitrogen and oxygen atoms in total. The number of fused-ring (bicyclic) bond motifs is 1. The maximum atomic E-state index is 12.0. The first-order chi connectivity index (χ1) is 8.19. The monoisotopic (exact) mass is 297 g/mol. The molecule has 0 spiro atoms. The third kappa shape index (κ3) is 2.24. The summed E-state index contributed by atoms with van der Waals surface area (Å²) < 4.78 is 6.33. The molecule has 0 amide bonds. The number of carbonyl (C=O) groups excluding carboxylic acids is 1. The lowest BCUT2D eigenvalue weighted by atomic mass is 10.0. The molecule has 0 saturated carbocycles. The summed E-state index contributed by atoms with van der Waals surface area (Å²) in [6.45, 7) is 0.335. The minimum Gasteiger partial charge on any atom is -0.495 e. The lowest BCUT2D eigenvalue weighted by molar-refractivity contribution is 0.0990. The molecule has 1 aromatic rings. The molecule has 17 heavy (non-hydrogen) atoms. The van der Waals surface area contributed by atoms with Gasteiger partial charge in [0.1, 0.15) is 5.75 Å². The molecule has 0 saturated heterocycles. The van der Waals surface area contributed by atoms with E-state index in [0.717, 1.165) is 23.7 Å². The second-order valence-corrected chi connectivity index (χ2v) is 5.01. The van der Waals surface area contributed by atoms with Crippen molar-refractivity contribution in [3.05, 3.63) is 27.2 Å². The van der Waals surface area contributed by atoms with E-state index in [1.807, 2.05) is 6.07 Å². The summed E-state index contributed by atoms with van der Waals surface area (Å²) in [5.41, 5.74) is 3.24. The first-order valence-corrected chi connectivity index (χ1v) is 6.54. The Morgan fingerprint density at radius 3 is 2.94 bits per heavy atom. The summed E-state index contributed by atoms with van der Waals surface area (Å²) in [6, 6.07) is 1.99. The summed E-state index contributed by atoms with van der Waals surface area (Å²) in [5.74, 6) is 0.741. The average molecular weight is 298 g/mol. The molecule has 0 unspecified atom stereocenters. The number of ether oxygens (including phenoxy) is 1. The van der Waals surface area contributed by atoms with Crippen molar-refractivity contribution < 1.29 is 9.53 Å². The molecule has 0 fully saturated rings. The summed E-state index contributed by atoms with van der Waals surface area (Å²) in [7, 11) is 3.38. The van der Waals surface area contributed by atoms with Crippen LogP contribution in [-0.4, -0.2) is 26.5 Å². The molecule has 0 radical (unpaired) electrons. The van der Waals surface area contributed by atoms with E-state index >= 15 is 0 Å². The second kappa shape index (κ2) is 5.19. The molecule has 0 aliphatic heterocycles. The van der Waals surface area contributed by atoms with E-state index in [1.54, 1.807) is 14.2 Å². The highest BCUT2D eigenvalue weighted by Gasteiger charge is 2.23. The number of halogens is 1. The number of aryl methyl sites for hydroxylation is 1. The molecule has 4 heteroatoms. The van der Waals surface area contributed by atoms with Crippen LogP contribution in [0.3, 0.4) is 0 Å². The second-order valence-electron chi connectivity index (χ2n) is 4.22. The number of benzene rings is 1. The van der Waals surface area contributed by atoms with Crippen LogP contribution in [0.15, 0.2) is 10.5 Å². The van der Waals surface area contributed by atoms with Gasteiger partial charge < -0.3 is 10.1 Å². The Morgan fingerprint density at radius 2 is 2.29 bits per heavy atom. The minimum atomic E-state index is 0.0692. The van der Waals surface area contributed by atoms with Gasteiger partial charge >= 0.3 is 0 Å². The van der Waals surface area contributed by atoms with E-state index in [1.165, 1.54) is 11.1 Å². The Morgan fingerprint density at radius 1 is 1.53 bits per heavy atom. The first-order valence-electron chi connectivity index (χ1n) is 5.75. The molecule has 1 aliphatic rings. The van der Waals surface area contributed by atoms with Crippen LogP contribution in [0.5, 0.6) is 5.75 Å². The van der Waals surface area contributed by atoms with Gasteiger partial charge in [0.25, 0.3) is 0 Å². The van der Waals surface area contributed by atoms with E-state index in [4.69, 9.17) is 4.74 Å². The lowest BCUT2D eigenvalue weighted by Gasteiger charge is -2.13. The standard InChI is InChI=1S/C13H16BrNO2/c1-15-7-11(16)10-6-8-4-3-5-9(8)12(14)13(10)17-2/h6,15H,3-5,7H2,1-2H3. The van der Waals surface area contributed by atoms with Gasteiger partial charge in [-0.3, -0.25) is 4.79 Å². The zero-order valence-corrected chi connectivity index (χ0v) is 11.7. The zero-order chi connectivity index (χ0) is 12.4. The van der Waals surface area contributed by atoms with Crippen molar-refractivity contribution in [2.24, 2.45) is 0 Å². The highest BCUT2D eigenvalue weighted by atomic mass is 79.9. The van der Waals surface area contributed by atoms with Gasteiger partial charge in [0.2, 0.25) is 0 Å². The summed E-state index contributed by atoms with van der Waals surface area (Å²) in [6.07, 6.45) is 3.27. The van der Waals surface area contributed by atoms with Crippen LogP contribution in [0.4, 0.5) is 0 Å². The highest BCUT2D eigenvalue weighted by Crippen LogP contribution is 2.39. The van der Waals surface area contributed by atoms with Crippen molar-refractivity contribution in [3.8, 4) is 5.75 Å². The Hall–Kier alpha value is -0.870. The van der Waals surface area contributed by atoms with Gasteiger partial charge in [-0.25, -0.2) is 0 Å². The number of rotatable bonds is 4. The number of nitrogens with one attached hydrogen (secondary N) is 1. The van der Waals surface area contributed by atoms with Crippen molar-refractivity contribution in [3.63, 3.8) is 0 Å². The van der Waals surface area contributed by atoms with Crippen LogP contribution in [-0.2, 0) is 12.8 Å². The zero-order valence-electron chi connectivity index (χ0n) is 10.1. The largest absolute Gasteiger partial charge is 0.495 e. The fourth-order valence-corrected chi connectivity index (χ4v) is 3.16. The van der Waals surface area contributed by atoms with Crippen molar-refractivity contribution >= 4 is 21.7 Å². The molecule has 1 aromatic carbocycles. The van der Waals surface area contributed by atoms with E-state index in [9.17, 15) is 4.79 Å². The third-order valence-corrected chi connectivity index (χ3v) is 3.97. The van der Waals surface area contributed by atoms with Gasteiger partial charge in [-0.2, -0.15) is 0 Å². The molecular weight excluding hydrogens is 282 g/mol.